The number of nitrogens with one attached hydrogen (secondary N) is 3. The molecule has 2 amide bonds. The Morgan fingerprint density at radius 3 is 2.67 bits per heavy atom. The molecule has 0 aliphatic heterocycles. The molecule has 0 radical (unpaired) electrons. The number of unbranched alkanes of at least 4 members (excludes halogenated alkanes) is 5. The number of carbonyl (C=O) groups excluding carboxylic acids is 2. The summed E-state index contributed by atoms with van der Waals surface area (Å²) in [6, 6.07) is -0.607. The van der Waals surface area contributed by atoms with Crippen LogP contribution >= 0.6 is 0 Å². The van der Waals surface area contributed by atoms with Gasteiger partial charge in [-0.15, -0.1) is 0 Å². The Hall–Kier alpha value is -1.89. The average molecular weight is 337 g/mol. The minimum atomic E-state index is -0.607. The molecule has 1 aromatic heterocycles. The van der Waals surface area contributed by atoms with Crippen LogP contribution in [0.25, 0.3) is 0 Å². The molecule has 7 nitrogen and oxygen atoms in total. The number of nitrogens with two attached hydrogens (primary N) is 1. The van der Waals surface area contributed by atoms with E-state index in [1.54, 1.807) is 12.5 Å². The first-order valence-electron chi connectivity index (χ1n) is 8.91. The van der Waals surface area contributed by atoms with Gasteiger partial charge in [0.25, 0.3) is 0 Å². The van der Waals surface area contributed by atoms with Gasteiger partial charge < -0.3 is 21.4 Å². The standard InChI is InChI=1S/C17H31N5O2/c1-2-3-4-5-6-7-10-20-17(24)15(22-16(23)8-9-18)11-14-12-19-13-21-14/h12-13,15H,2-11,18H2,1H3,(H,19,21)(H,20,24)(H,22,23)/t15-/m0/s1. The van der Waals surface area contributed by atoms with Gasteiger partial charge in [0.15, 0.2) is 0 Å². The fourth-order valence-electron chi connectivity index (χ4n) is 2.46. The molecule has 0 saturated carbocycles. The lowest BCUT2D eigenvalue weighted by Gasteiger charge is -2.18. The molecule has 5 N–H and O–H groups in total. The maximum Gasteiger partial charge on any atom is 0.242 e. The third kappa shape index (κ3) is 8.67. The van der Waals surface area contributed by atoms with Crippen LogP contribution in [-0.4, -0.2) is 40.9 Å². The van der Waals surface area contributed by atoms with Crippen molar-refractivity contribution in [3.05, 3.63) is 18.2 Å². The van der Waals surface area contributed by atoms with E-state index >= 15 is 0 Å². The van der Waals surface area contributed by atoms with Gasteiger partial charge in [-0.3, -0.25) is 9.59 Å². The van der Waals surface area contributed by atoms with Crippen molar-refractivity contribution in [3.8, 4) is 0 Å². The lowest BCUT2D eigenvalue weighted by atomic mass is 10.1. The molecule has 1 rings (SSSR count). The Morgan fingerprint density at radius 2 is 2.00 bits per heavy atom. The summed E-state index contributed by atoms with van der Waals surface area (Å²) < 4.78 is 0. The molecule has 0 aliphatic rings. The second-order valence-corrected chi connectivity index (χ2v) is 6.00. The highest BCUT2D eigenvalue weighted by Gasteiger charge is 2.21. The summed E-state index contributed by atoms with van der Waals surface area (Å²) in [4.78, 5) is 31.0. The number of rotatable bonds is 13. The summed E-state index contributed by atoms with van der Waals surface area (Å²) in [5.41, 5.74) is 6.20. The summed E-state index contributed by atoms with van der Waals surface area (Å²) in [7, 11) is 0. The largest absolute Gasteiger partial charge is 0.354 e. The number of imidazole rings is 1. The summed E-state index contributed by atoms with van der Waals surface area (Å²) >= 11 is 0. The van der Waals surface area contributed by atoms with E-state index in [1.807, 2.05) is 0 Å². The number of aromatic amines is 1. The van der Waals surface area contributed by atoms with Gasteiger partial charge in [0.2, 0.25) is 11.8 Å². The smallest absolute Gasteiger partial charge is 0.242 e. The van der Waals surface area contributed by atoms with E-state index in [-0.39, 0.29) is 24.8 Å². The van der Waals surface area contributed by atoms with Crippen LogP contribution < -0.4 is 16.4 Å². The van der Waals surface area contributed by atoms with Crippen molar-refractivity contribution >= 4 is 11.8 Å². The van der Waals surface area contributed by atoms with E-state index in [0.29, 0.717) is 13.0 Å². The number of hydrogen-bond donors (Lipinski definition) is 4. The maximum atomic E-state index is 12.4. The third-order valence-electron chi connectivity index (χ3n) is 3.83. The zero-order chi connectivity index (χ0) is 17.6. The van der Waals surface area contributed by atoms with Crippen LogP contribution in [0.1, 0.15) is 57.6 Å². The molecule has 0 bridgehead atoms. The van der Waals surface area contributed by atoms with Crippen molar-refractivity contribution in [2.75, 3.05) is 13.1 Å². The van der Waals surface area contributed by atoms with Crippen LogP contribution in [0.4, 0.5) is 0 Å². The van der Waals surface area contributed by atoms with E-state index in [9.17, 15) is 9.59 Å². The van der Waals surface area contributed by atoms with E-state index < -0.39 is 6.04 Å². The van der Waals surface area contributed by atoms with Crippen LogP contribution in [0, 0.1) is 0 Å². The van der Waals surface area contributed by atoms with E-state index in [0.717, 1.165) is 18.5 Å². The van der Waals surface area contributed by atoms with Gasteiger partial charge in [-0.2, -0.15) is 0 Å². The highest BCUT2D eigenvalue weighted by Crippen LogP contribution is 2.04. The van der Waals surface area contributed by atoms with Gasteiger partial charge in [0.05, 0.1) is 6.33 Å². The molecule has 0 fully saturated rings. The Bertz CT molecular complexity index is 462. The minimum Gasteiger partial charge on any atom is -0.354 e. The second kappa shape index (κ2) is 12.5. The average Bonchev–Trinajstić information content (AvgIpc) is 3.06. The lowest BCUT2D eigenvalue weighted by Crippen LogP contribution is -2.48. The molecule has 24 heavy (non-hydrogen) atoms. The SMILES string of the molecule is CCCCCCCCNC(=O)[C@H](Cc1cnc[nH]1)NC(=O)CCN. The Balaban J connectivity index is 2.37. The maximum absolute atomic E-state index is 12.4. The van der Waals surface area contributed by atoms with E-state index in [2.05, 4.69) is 27.5 Å². The molecule has 0 unspecified atom stereocenters. The zero-order valence-corrected chi connectivity index (χ0v) is 14.6. The first-order valence-corrected chi connectivity index (χ1v) is 8.91. The molecule has 7 heteroatoms. The van der Waals surface area contributed by atoms with Crippen molar-refractivity contribution in [1.82, 2.24) is 20.6 Å². The molecule has 0 saturated heterocycles. The van der Waals surface area contributed by atoms with Crippen molar-refractivity contribution in [3.63, 3.8) is 0 Å². The zero-order valence-electron chi connectivity index (χ0n) is 14.6. The Morgan fingerprint density at radius 1 is 1.25 bits per heavy atom. The van der Waals surface area contributed by atoms with Crippen LogP contribution in [-0.2, 0) is 16.0 Å². The summed E-state index contributed by atoms with van der Waals surface area (Å²) in [5, 5.41) is 5.66. The van der Waals surface area contributed by atoms with Gasteiger partial charge >= 0.3 is 0 Å². The minimum absolute atomic E-state index is 0.163. The number of H-pyrrole nitrogens is 1. The van der Waals surface area contributed by atoms with Gasteiger partial charge in [-0.25, -0.2) is 4.98 Å². The second-order valence-electron chi connectivity index (χ2n) is 6.00. The molecule has 0 spiro atoms. The Kier molecular flexibility index (Phi) is 10.5. The fourth-order valence-corrected chi connectivity index (χ4v) is 2.46. The monoisotopic (exact) mass is 337 g/mol. The van der Waals surface area contributed by atoms with Crippen molar-refractivity contribution in [2.45, 2.75) is 64.3 Å². The van der Waals surface area contributed by atoms with Crippen LogP contribution in [0.15, 0.2) is 12.5 Å². The lowest BCUT2D eigenvalue weighted by molar-refractivity contribution is -0.128. The predicted octanol–water partition coefficient (Wildman–Crippen LogP) is 1.26. The van der Waals surface area contributed by atoms with Gasteiger partial charge in [0, 0.05) is 37.8 Å². The van der Waals surface area contributed by atoms with Gasteiger partial charge in [-0.1, -0.05) is 39.0 Å². The van der Waals surface area contributed by atoms with Gasteiger partial charge in [0.1, 0.15) is 6.04 Å². The molecule has 0 aliphatic carbocycles. The summed E-state index contributed by atoms with van der Waals surface area (Å²) in [6.45, 7) is 3.10. The highest BCUT2D eigenvalue weighted by atomic mass is 16.2. The third-order valence-corrected chi connectivity index (χ3v) is 3.83. The summed E-state index contributed by atoms with van der Waals surface area (Å²) in [6.07, 6.45) is 10.8. The van der Waals surface area contributed by atoms with Crippen molar-refractivity contribution in [1.29, 1.82) is 0 Å². The molecule has 1 aromatic rings. The number of carbonyl (C=O) groups is 2. The van der Waals surface area contributed by atoms with Crippen LogP contribution in [0.3, 0.4) is 0 Å². The highest BCUT2D eigenvalue weighted by molar-refractivity contribution is 5.87. The normalized spacial score (nSPS) is 11.9. The predicted molar refractivity (Wildman–Crippen MR) is 94.3 cm³/mol. The van der Waals surface area contributed by atoms with Gasteiger partial charge in [-0.05, 0) is 6.42 Å². The number of nitrogens with zero attached hydrogens (tertiary/aromatic N) is 1. The van der Waals surface area contributed by atoms with Crippen LogP contribution in [0.2, 0.25) is 0 Å². The topological polar surface area (TPSA) is 113 Å². The molecule has 1 heterocycles. The molecule has 136 valence electrons. The molecular formula is C17H31N5O2. The molecule has 0 aromatic carbocycles. The molecular weight excluding hydrogens is 306 g/mol. The number of amides is 2. The fraction of sp³-hybridized carbons (Fsp3) is 0.706. The molecule has 1 atom stereocenters. The number of hydrogen-bond acceptors (Lipinski definition) is 4. The van der Waals surface area contributed by atoms with E-state index in [1.165, 1.54) is 25.7 Å². The first-order chi connectivity index (χ1) is 11.7. The van der Waals surface area contributed by atoms with Crippen molar-refractivity contribution < 1.29 is 9.59 Å². The van der Waals surface area contributed by atoms with Crippen LogP contribution in [0.5, 0.6) is 0 Å². The Labute approximate surface area is 144 Å². The number of aromatic nitrogens is 2. The van der Waals surface area contributed by atoms with E-state index in [4.69, 9.17) is 5.73 Å². The van der Waals surface area contributed by atoms with Crippen molar-refractivity contribution in [2.24, 2.45) is 5.73 Å². The summed E-state index contributed by atoms with van der Waals surface area (Å²) in [5.74, 6) is -0.375. The first kappa shape index (κ1) is 20.2. The quantitative estimate of drug-likeness (QED) is 0.406.